The molecule has 2 aromatic rings. The van der Waals surface area contributed by atoms with Crippen molar-refractivity contribution in [3.8, 4) is 0 Å². The molecule has 0 spiro atoms. The number of carbonyl (C=O) groups excluding carboxylic acids is 1. The van der Waals surface area contributed by atoms with E-state index in [2.05, 4.69) is 28.8 Å². The minimum atomic E-state index is -0.197. The second-order valence-corrected chi connectivity index (χ2v) is 6.46. The van der Waals surface area contributed by atoms with Crippen LogP contribution in [0.15, 0.2) is 42.5 Å². The third kappa shape index (κ3) is 5.03. The fourth-order valence-corrected chi connectivity index (χ4v) is 3.03. The predicted molar refractivity (Wildman–Crippen MR) is 100.0 cm³/mol. The number of aryl methyl sites for hydroxylation is 1. The zero-order chi connectivity index (χ0) is 16.9. The van der Waals surface area contributed by atoms with Crippen LogP contribution in [0, 0.1) is 11.7 Å². The molecular formula is C20H24ClFN2O. The summed E-state index contributed by atoms with van der Waals surface area (Å²) in [6.45, 7) is 4.25. The van der Waals surface area contributed by atoms with E-state index in [4.69, 9.17) is 0 Å². The Balaban J connectivity index is 0.00000225. The van der Waals surface area contributed by atoms with Crippen molar-refractivity contribution in [3.63, 3.8) is 0 Å². The molecule has 0 aromatic heterocycles. The summed E-state index contributed by atoms with van der Waals surface area (Å²) in [5.74, 6) is -0.317. The molecule has 134 valence electrons. The molecule has 1 aliphatic heterocycles. The minimum Gasteiger partial charge on any atom is -0.352 e. The van der Waals surface area contributed by atoms with E-state index in [9.17, 15) is 9.18 Å². The zero-order valence-electron chi connectivity index (χ0n) is 14.3. The number of halogens is 2. The summed E-state index contributed by atoms with van der Waals surface area (Å²) >= 11 is 0. The van der Waals surface area contributed by atoms with Crippen LogP contribution < -0.4 is 10.6 Å². The molecule has 1 heterocycles. The Hall–Kier alpha value is -1.91. The van der Waals surface area contributed by atoms with Crippen molar-refractivity contribution in [3.05, 3.63) is 70.5 Å². The second kappa shape index (κ2) is 8.97. The van der Waals surface area contributed by atoms with E-state index < -0.39 is 0 Å². The van der Waals surface area contributed by atoms with Crippen LogP contribution in [-0.2, 0) is 30.8 Å². The van der Waals surface area contributed by atoms with Crippen LogP contribution >= 0.6 is 12.4 Å². The van der Waals surface area contributed by atoms with Crippen LogP contribution in [0.5, 0.6) is 0 Å². The minimum absolute atomic E-state index is 0. The van der Waals surface area contributed by atoms with Gasteiger partial charge in [0, 0.05) is 25.6 Å². The number of carbonyl (C=O) groups is 1. The first-order valence-electron chi connectivity index (χ1n) is 8.46. The third-order valence-electron chi connectivity index (χ3n) is 4.62. The number of hydrogen-bond acceptors (Lipinski definition) is 2. The topological polar surface area (TPSA) is 41.1 Å². The van der Waals surface area contributed by atoms with E-state index in [-0.39, 0.29) is 30.0 Å². The molecule has 0 bridgehead atoms. The monoisotopic (exact) mass is 362 g/mol. The van der Waals surface area contributed by atoms with Gasteiger partial charge < -0.3 is 10.6 Å². The Morgan fingerprint density at radius 3 is 2.76 bits per heavy atom. The smallest absolute Gasteiger partial charge is 0.223 e. The summed E-state index contributed by atoms with van der Waals surface area (Å²) in [5, 5.41) is 6.30. The van der Waals surface area contributed by atoms with E-state index in [0.29, 0.717) is 24.9 Å². The summed E-state index contributed by atoms with van der Waals surface area (Å²) in [5.41, 5.74) is 4.44. The van der Waals surface area contributed by atoms with E-state index in [1.165, 1.54) is 17.2 Å². The molecule has 1 aliphatic rings. The van der Waals surface area contributed by atoms with Crippen molar-refractivity contribution in [2.24, 2.45) is 5.92 Å². The largest absolute Gasteiger partial charge is 0.352 e. The number of hydrogen-bond donors (Lipinski definition) is 2. The van der Waals surface area contributed by atoms with E-state index >= 15 is 0 Å². The van der Waals surface area contributed by atoms with E-state index in [1.54, 1.807) is 12.1 Å². The van der Waals surface area contributed by atoms with E-state index in [0.717, 1.165) is 18.7 Å². The van der Waals surface area contributed by atoms with Gasteiger partial charge in [-0.25, -0.2) is 4.39 Å². The highest BCUT2D eigenvalue weighted by atomic mass is 35.5. The molecule has 2 aromatic carbocycles. The molecule has 1 amide bonds. The standard InChI is InChI=1S/C20H23FN2O.ClH/c1-14(6-8-16-4-2-3-5-19(16)21)20(24)23-11-15-7-9-17-12-22-13-18(17)10-15;/h2-5,7,9-10,14,22H,6,8,11-13H2,1H3,(H,23,24);1H. The Morgan fingerprint density at radius 2 is 1.96 bits per heavy atom. The van der Waals surface area contributed by atoms with Crippen molar-refractivity contribution in [2.45, 2.75) is 39.4 Å². The fraction of sp³-hybridized carbons (Fsp3) is 0.350. The van der Waals surface area contributed by atoms with Crippen molar-refractivity contribution in [1.82, 2.24) is 10.6 Å². The molecule has 3 rings (SSSR count). The van der Waals surface area contributed by atoms with Crippen LogP contribution in [0.2, 0.25) is 0 Å². The average molecular weight is 363 g/mol. The van der Waals surface area contributed by atoms with Gasteiger partial charge in [0.15, 0.2) is 0 Å². The number of benzene rings is 2. The lowest BCUT2D eigenvalue weighted by Gasteiger charge is -2.13. The lowest BCUT2D eigenvalue weighted by molar-refractivity contribution is -0.124. The highest BCUT2D eigenvalue weighted by Gasteiger charge is 2.14. The lowest BCUT2D eigenvalue weighted by Crippen LogP contribution is -2.29. The van der Waals surface area contributed by atoms with Gasteiger partial charge >= 0.3 is 0 Å². The number of amides is 1. The Bertz CT molecular complexity index is 735. The van der Waals surface area contributed by atoms with Crippen molar-refractivity contribution in [2.75, 3.05) is 0 Å². The molecule has 25 heavy (non-hydrogen) atoms. The second-order valence-electron chi connectivity index (χ2n) is 6.46. The fourth-order valence-electron chi connectivity index (χ4n) is 3.03. The Morgan fingerprint density at radius 1 is 1.20 bits per heavy atom. The number of fused-ring (bicyclic) bond motifs is 1. The molecule has 1 atom stereocenters. The van der Waals surface area contributed by atoms with Crippen LogP contribution in [0.3, 0.4) is 0 Å². The molecule has 1 unspecified atom stereocenters. The quantitative estimate of drug-likeness (QED) is 0.822. The molecule has 3 nitrogen and oxygen atoms in total. The van der Waals surface area contributed by atoms with E-state index in [1.807, 2.05) is 13.0 Å². The number of rotatable bonds is 6. The Labute approximate surface area is 154 Å². The van der Waals surface area contributed by atoms with Crippen molar-refractivity contribution >= 4 is 18.3 Å². The molecule has 0 radical (unpaired) electrons. The average Bonchev–Trinajstić information content (AvgIpc) is 3.06. The van der Waals surface area contributed by atoms with Gasteiger partial charge in [0.05, 0.1) is 0 Å². The highest BCUT2D eigenvalue weighted by molar-refractivity contribution is 5.85. The maximum absolute atomic E-state index is 13.6. The molecule has 0 aliphatic carbocycles. The number of nitrogens with one attached hydrogen (secondary N) is 2. The molecule has 0 saturated carbocycles. The zero-order valence-corrected chi connectivity index (χ0v) is 15.2. The van der Waals surface area contributed by atoms with Crippen LogP contribution in [0.25, 0.3) is 0 Å². The van der Waals surface area contributed by atoms with Gasteiger partial charge in [-0.3, -0.25) is 4.79 Å². The molecule has 0 saturated heterocycles. The SMILES string of the molecule is CC(CCc1ccccc1F)C(=O)NCc1ccc2c(c1)CNC2.Cl. The Kier molecular flexibility index (Phi) is 6.97. The third-order valence-corrected chi connectivity index (χ3v) is 4.62. The first-order valence-corrected chi connectivity index (χ1v) is 8.46. The summed E-state index contributed by atoms with van der Waals surface area (Å²) in [7, 11) is 0. The molecular weight excluding hydrogens is 339 g/mol. The van der Waals surface area contributed by atoms with Crippen LogP contribution in [-0.4, -0.2) is 5.91 Å². The molecule has 5 heteroatoms. The summed E-state index contributed by atoms with van der Waals surface area (Å²) in [6, 6.07) is 13.1. The first-order chi connectivity index (χ1) is 11.6. The van der Waals surface area contributed by atoms with Crippen molar-refractivity contribution < 1.29 is 9.18 Å². The highest BCUT2D eigenvalue weighted by Crippen LogP contribution is 2.17. The maximum Gasteiger partial charge on any atom is 0.223 e. The summed E-state index contributed by atoms with van der Waals surface area (Å²) < 4.78 is 13.6. The molecule has 0 fully saturated rings. The predicted octanol–water partition coefficient (Wildman–Crippen LogP) is 3.74. The maximum atomic E-state index is 13.6. The van der Waals surface area contributed by atoms with Gasteiger partial charge in [-0.1, -0.05) is 43.3 Å². The van der Waals surface area contributed by atoms with Crippen LogP contribution in [0.4, 0.5) is 4.39 Å². The molecule has 2 N–H and O–H groups in total. The van der Waals surface area contributed by atoms with Gasteiger partial charge in [-0.2, -0.15) is 0 Å². The van der Waals surface area contributed by atoms with Crippen molar-refractivity contribution in [1.29, 1.82) is 0 Å². The van der Waals surface area contributed by atoms with Gasteiger partial charge in [0.2, 0.25) is 5.91 Å². The van der Waals surface area contributed by atoms with Crippen LogP contribution in [0.1, 0.15) is 35.6 Å². The summed E-state index contributed by atoms with van der Waals surface area (Å²) in [4.78, 5) is 12.2. The summed E-state index contributed by atoms with van der Waals surface area (Å²) in [6.07, 6.45) is 1.21. The van der Waals surface area contributed by atoms with Gasteiger partial charge in [-0.15, -0.1) is 12.4 Å². The van der Waals surface area contributed by atoms with Gasteiger partial charge in [-0.05, 0) is 41.2 Å². The normalized spacial score (nSPS) is 13.7. The van der Waals surface area contributed by atoms with Gasteiger partial charge in [0.1, 0.15) is 5.82 Å². The first kappa shape index (κ1) is 19.4. The van der Waals surface area contributed by atoms with Gasteiger partial charge in [0.25, 0.3) is 0 Å². The lowest BCUT2D eigenvalue weighted by atomic mass is 10.00.